The smallest absolute Gasteiger partial charge is 0.279 e. The van der Waals surface area contributed by atoms with Gasteiger partial charge >= 0.3 is 0 Å². The van der Waals surface area contributed by atoms with Crippen molar-refractivity contribution in [1.82, 2.24) is 10.9 Å². The Balaban J connectivity index is 1.85. The molecule has 28 heavy (non-hydrogen) atoms. The highest BCUT2D eigenvalue weighted by Crippen LogP contribution is 2.17. The van der Waals surface area contributed by atoms with Crippen LogP contribution in [0.5, 0.6) is 11.5 Å². The molecule has 0 aliphatic rings. The number of hydrogen-bond acceptors (Lipinski definition) is 5. The SMILES string of the molecule is CC(=O)c1cccc(OC(C)C(=O)NNC(=O)C(C)Oc2ccccc2F)c1. The maximum atomic E-state index is 13.6. The number of benzene rings is 2. The van der Waals surface area contributed by atoms with E-state index in [4.69, 9.17) is 9.47 Å². The zero-order chi connectivity index (χ0) is 20.7. The molecule has 0 spiro atoms. The zero-order valence-electron chi connectivity index (χ0n) is 15.7. The molecule has 2 unspecified atom stereocenters. The predicted molar refractivity (Wildman–Crippen MR) is 99.3 cm³/mol. The second kappa shape index (κ2) is 9.50. The van der Waals surface area contributed by atoms with E-state index in [0.29, 0.717) is 11.3 Å². The van der Waals surface area contributed by atoms with Crippen molar-refractivity contribution in [2.75, 3.05) is 0 Å². The predicted octanol–water partition coefficient (Wildman–Crippen LogP) is 2.41. The summed E-state index contributed by atoms with van der Waals surface area (Å²) < 4.78 is 24.3. The quantitative estimate of drug-likeness (QED) is 0.561. The Kier molecular flexibility index (Phi) is 7.08. The van der Waals surface area contributed by atoms with E-state index < -0.39 is 29.8 Å². The van der Waals surface area contributed by atoms with Crippen molar-refractivity contribution in [1.29, 1.82) is 0 Å². The lowest BCUT2D eigenvalue weighted by Crippen LogP contribution is -2.50. The Morgan fingerprint density at radius 3 is 2.11 bits per heavy atom. The van der Waals surface area contributed by atoms with Crippen LogP contribution in [0.2, 0.25) is 0 Å². The monoisotopic (exact) mass is 388 g/mol. The maximum Gasteiger partial charge on any atom is 0.279 e. The Morgan fingerprint density at radius 2 is 1.50 bits per heavy atom. The van der Waals surface area contributed by atoms with Crippen molar-refractivity contribution in [3.8, 4) is 11.5 Å². The number of carbonyl (C=O) groups is 3. The van der Waals surface area contributed by atoms with Gasteiger partial charge < -0.3 is 9.47 Å². The third-order valence-electron chi connectivity index (χ3n) is 3.74. The zero-order valence-corrected chi connectivity index (χ0v) is 15.7. The van der Waals surface area contributed by atoms with Crippen LogP contribution in [0.25, 0.3) is 0 Å². The minimum atomic E-state index is -1.04. The first-order valence-electron chi connectivity index (χ1n) is 8.56. The molecule has 0 aliphatic heterocycles. The van der Waals surface area contributed by atoms with Gasteiger partial charge in [-0.1, -0.05) is 24.3 Å². The highest BCUT2D eigenvalue weighted by Gasteiger charge is 2.20. The summed E-state index contributed by atoms with van der Waals surface area (Å²) in [5, 5.41) is 0. The molecule has 2 N–H and O–H groups in total. The first-order valence-corrected chi connectivity index (χ1v) is 8.56. The number of Topliss-reactive ketones (excluding diaryl/α,β-unsaturated/α-hetero) is 1. The van der Waals surface area contributed by atoms with Gasteiger partial charge in [0, 0.05) is 5.56 Å². The Labute approximate surface area is 161 Å². The van der Waals surface area contributed by atoms with Gasteiger partial charge in [0.1, 0.15) is 5.75 Å². The van der Waals surface area contributed by atoms with Gasteiger partial charge in [0.15, 0.2) is 29.6 Å². The van der Waals surface area contributed by atoms with Gasteiger partial charge in [-0.15, -0.1) is 0 Å². The van der Waals surface area contributed by atoms with Gasteiger partial charge in [0.05, 0.1) is 0 Å². The number of halogens is 1. The summed E-state index contributed by atoms with van der Waals surface area (Å²) in [6.45, 7) is 4.33. The highest BCUT2D eigenvalue weighted by atomic mass is 19.1. The number of para-hydroxylation sites is 1. The number of ketones is 1. The normalized spacial score (nSPS) is 12.4. The van der Waals surface area contributed by atoms with Gasteiger partial charge in [0.2, 0.25) is 0 Å². The molecule has 0 bridgehead atoms. The number of hydrazine groups is 1. The van der Waals surface area contributed by atoms with E-state index >= 15 is 0 Å². The standard InChI is InChI=1S/C20H21FN2O5/c1-12(24)15-7-6-8-16(11-15)27-13(2)19(25)22-23-20(26)14(3)28-18-10-5-4-9-17(18)21/h4-11,13-14H,1-3H3,(H,22,25)(H,23,26). The van der Waals surface area contributed by atoms with E-state index in [2.05, 4.69) is 10.9 Å². The van der Waals surface area contributed by atoms with E-state index in [-0.39, 0.29) is 11.5 Å². The average Bonchev–Trinajstić information content (AvgIpc) is 2.67. The van der Waals surface area contributed by atoms with Gasteiger partial charge in [-0.2, -0.15) is 0 Å². The highest BCUT2D eigenvalue weighted by molar-refractivity contribution is 5.94. The Morgan fingerprint density at radius 1 is 0.893 bits per heavy atom. The molecule has 0 radical (unpaired) electrons. The summed E-state index contributed by atoms with van der Waals surface area (Å²) in [4.78, 5) is 35.5. The van der Waals surface area contributed by atoms with E-state index in [9.17, 15) is 18.8 Å². The van der Waals surface area contributed by atoms with Crippen molar-refractivity contribution in [2.24, 2.45) is 0 Å². The van der Waals surface area contributed by atoms with Crippen molar-refractivity contribution in [3.63, 3.8) is 0 Å². The molecule has 2 aromatic carbocycles. The molecule has 0 saturated carbocycles. The Hall–Kier alpha value is -3.42. The van der Waals surface area contributed by atoms with Crippen LogP contribution >= 0.6 is 0 Å². The second-order valence-corrected chi connectivity index (χ2v) is 6.01. The third-order valence-corrected chi connectivity index (χ3v) is 3.74. The lowest BCUT2D eigenvalue weighted by molar-refractivity contribution is -0.135. The fourth-order valence-corrected chi connectivity index (χ4v) is 2.16. The molecule has 0 saturated heterocycles. The molecule has 0 aliphatic carbocycles. The van der Waals surface area contributed by atoms with Crippen molar-refractivity contribution >= 4 is 17.6 Å². The molecular weight excluding hydrogens is 367 g/mol. The number of carbonyl (C=O) groups excluding carboxylic acids is 3. The van der Waals surface area contributed by atoms with Crippen LogP contribution in [0, 0.1) is 5.82 Å². The molecule has 2 rings (SSSR count). The molecule has 0 heterocycles. The molecule has 2 atom stereocenters. The topological polar surface area (TPSA) is 93.7 Å². The third kappa shape index (κ3) is 5.80. The summed E-state index contributed by atoms with van der Waals surface area (Å²) in [5.41, 5.74) is 4.87. The molecular formula is C20H21FN2O5. The minimum absolute atomic E-state index is 0.0708. The van der Waals surface area contributed by atoms with Crippen LogP contribution in [-0.4, -0.2) is 29.8 Å². The number of rotatable bonds is 7. The number of nitrogens with one attached hydrogen (secondary N) is 2. The fraction of sp³-hybridized carbons (Fsp3) is 0.250. The lowest BCUT2D eigenvalue weighted by atomic mass is 10.1. The van der Waals surface area contributed by atoms with Crippen molar-refractivity contribution < 1.29 is 28.2 Å². The van der Waals surface area contributed by atoms with Gasteiger partial charge in [-0.05, 0) is 45.0 Å². The van der Waals surface area contributed by atoms with Crippen LogP contribution in [0.3, 0.4) is 0 Å². The molecule has 8 heteroatoms. The van der Waals surface area contributed by atoms with E-state index in [1.807, 2.05) is 0 Å². The summed E-state index contributed by atoms with van der Waals surface area (Å²) in [5.74, 6) is -1.72. The summed E-state index contributed by atoms with van der Waals surface area (Å²) >= 11 is 0. The van der Waals surface area contributed by atoms with E-state index in [1.54, 1.807) is 24.3 Å². The molecule has 2 amide bonds. The first kappa shape index (κ1) is 20.9. The Bertz CT molecular complexity index is 871. The fourth-order valence-electron chi connectivity index (χ4n) is 2.16. The van der Waals surface area contributed by atoms with Crippen molar-refractivity contribution in [3.05, 3.63) is 59.9 Å². The number of amides is 2. The molecule has 148 valence electrons. The van der Waals surface area contributed by atoms with Gasteiger partial charge in [-0.3, -0.25) is 25.2 Å². The van der Waals surface area contributed by atoms with Crippen LogP contribution in [0.4, 0.5) is 4.39 Å². The maximum absolute atomic E-state index is 13.6. The van der Waals surface area contributed by atoms with E-state index in [0.717, 1.165) is 0 Å². The summed E-state index contributed by atoms with van der Waals surface area (Å²) in [6.07, 6.45) is -1.98. The summed E-state index contributed by atoms with van der Waals surface area (Å²) in [7, 11) is 0. The van der Waals surface area contributed by atoms with E-state index in [1.165, 1.54) is 45.0 Å². The molecule has 2 aromatic rings. The van der Waals surface area contributed by atoms with Crippen molar-refractivity contribution in [2.45, 2.75) is 33.0 Å². The van der Waals surface area contributed by atoms with Crippen LogP contribution < -0.4 is 20.3 Å². The van der Waals surface area contributed by atoms with Crippen LogP contribution in [-0.2, 0) is 9.59 Å². The largest absolute Gasteiger partial charge is 0.481 e. The number of hydrogen-bond donors (Lipinski definition) is 2. The summed E-state index contributed by atoms with van der Waals surface area (Å²) in [6, 6.07) is 12.1. The molecule has 0 aromatic heterocycles. The minimum Gasteiger partial charge on any atom is -0.481 e. The first-order chi connectivity index (χ1) is 13.3. The lowest BCUT2D eigenvalue weighted by Gasteiger charge is -2.18. The number of ether oxygens (including phenoxy) is 2. The van der Waals surface area contributed by atoms with Gasteiger partial charge in [-0.25, -0.2) is 4.39 Å². The van der Waals surface area contributed by atoms with Crippen LogP contribution in [0.15, 0.2) is 48.5 Å². The molecule has 7 nitrogen and oxygen atoms in total. The molecule has 0 fully saturated rings. The van der Waals surface area contributed by atoms with Gasteiger partial charge in [0.25, 0.3) is 11.8 Å². The second-order valence-electron chi connectivity index (χ2n) is 6.01. The average molecular weight is 388 g/mol. The van der Waals surface area contributed by atoms with Crippen LogP contribution in [0.1, 0.15) is 31.1 Å².